The average molecular weight is 334 g/mol. The number of carbonyl (C=O) groups is 1. The Morgan fingerprint density at radius 3 is 2.95 bits per heavy atom. The zero-order valence-corrected chi connectivity index (χ0v) is 13.1. The fraction of sp³-hybridized carbons (Fsp3) is 0.333. The van der Waals surface area contributed by atoms with E-state index in [0.717, 1.165) is 40.2 Å². The van der Waals surface area contributed by atoms with Gasteiger partial charge in [0.1, 0.15) is 0 Å². The van der Waals surface area contributed by atoms with Crippen LogP contribution in [0.5, 0.6) is 0 Å². The molecule has 3 rings (SSSR count). The Bertz CT molecular complexity index is 678. The van der Waals surface area contributed by atoms with Gasteiger partial charge < -0.3 is 9.47 Å². The van der Waals surface area contributed by atoms with Gasteiger partial charge in [0, 0.05) is 25.6 Å². The first kappa shape index (κ1) is 13.4. The van der Waals surface area contributed by atoms with Crippen LogP contribution in [0.3, 0.4) is 0 Å². The molecule has 1 amide bonds. The number of aromatic nitrogens is 2. The number of carbonyl (C=O) groups excluding carboxylic acids is 1. The highest BCUT2D eigenvalue weighted by Gasteiger charge is 2.25. The number of aryl methyl sites for hydroxylation is 1. The second kappa shape index (κ2) is 5.05. The Morgan fingerprint density at radius 2 is 2.20 bits per heavy atom. The number of hydrogen-bond acceptors (Lipinski definition) is 2. The van der Waals surface area contributed by atoms with Crippen molar-refractivity contribution in [1.82, 2.24) is 14.5 Å². The second-order valence-electron chi connectivity index (χ2n) is 5.18. The smallest absolute Gasteiger partial charge is 0.254 e. The molecule has 4 nitrogen and oxygen atoms in total. The van der Waals surface area contributed by atoms with Gasteiger partial charge in [-0.3, -0.25) is 4.79 Å². The van der Waals surface area contributed by atoms with Gasteiger partial charge in [-0.05, 0) is 35.0 Å². The molecular formula is C15H16BrN3O. The van der Waals surface area contributed by atoms with E-state index in [-0.39, 0.29) is 5.91 Å². The molecule has 1 aromatic carbocycles. The van der Waals surface area contributed by atoms with Gasteiger partial charge in [0.25, 0.3) is 5.91 Å². The highest BCUT2D eigenvalue weighted by molar-refractivity contribution is 9.10. The fourth-order valence-corrected chi connectivity index (χ4v) is 3.02. The molecule has 0 spiro atoms. The molecule has 0 bridgehead atoms. The molecule has 20 heavy (non-hydrogen) atoms. The Hall–Kier alpha value is -1.62. The normalized spacial score (nSPS) is 14.2. The van der Waals surface area contributed by atoms with Crippen LogP contribution in [-0.4, -0.2) is 26.9 Å². The molecule has 2 heterocycles. The van der Waals surface area contributed by atoms with Crippen LogP contribution in [0, 0.1) is 6.92 Å². The largest absolute Gasteiger partial charge is 0.332 e. The van der Waals surface area contributed by atoms with Gasteiger partial charge in [-0.15, -0.1) is 0 Å². The van der Waals surface area contributed by atoms with Crippen LogP contribution in [0.4, 0.5) is 0 Å². The molecule has 0 saturated carbocycles. The van der Waals surface area contributed by atoms with Crippen molar-refractivity contribution in [2.45, 2.75) is 19.9 Å². The molecule has 1 aliphatic heterocycles. The summed E-state index contributed by atoms with van der Waals surface area (Å²) >= 11 is 3.44. The van der Waals surface area contributed by atoms with E-state index in [2.05, 4.69) is 20.9 Å². The molecule has 1 aliphatic rings. The summed E-state index contributed by atoms with van der Waals surface area (Å²) in [4.78, 5) is 18.9. The third kappa shape index (κ3) is 2.26. The highest BCUT2D eigenvalue weighted by Crippen LogP contribution is 2.23. The zero-order valence-electron chi connectivity index (χ0n) is 11.6. The van der Waals surface area contributed by atoms with Crippen molar-refractivity contribution in [1.29, 1.82) is 0 Å². The van der Waals surface area contributed by atoms with Crippen LogP contribution >= 0.6 is 15.9 Å². The van der Waals surface area contributed by atoms with Crippen molar-refractivity contribution in [2.75, 3.05) is 6.54 Å². The predicted molar refractivity (Wildman–Crippen MR) is 80.5 cm³/mol. The van der Waals surface area contributed by atoms with Crippen LogP contribution in [0.15, 0.2) is 29.0 Å². The molecule has 104 valence electrons. The summed E-state index contributed by atoms with van der Waals surface area (Å²) in [6, 6.07) is 7.75. The van der Waals surface area contributed by atoms with E-state index in [9.17, 15) is 4.79 Å². The summed E-state index contributed by atoms with van der Waals surface area (Å²) in [5.74, 6) is 0.0941. The first-order valence-electron chi connectivity index (χ1n) is 6.62. The van der Waals surface area contributed by atoms with E-state index < -0.39 is 0 Å². The van der Waals surface area contributed by atoms with Crippen molar-refractivity contribution in [3.63, 3.8) is 0 Å². The Kier molecular flexibility index (Phi) is 3.38. The summed E-state index contributed by atoms with van der Waals surface area (Å²) in [6.07, 6.45) is 0.812. The number of hydrogen-bond donors (Lipinski definition) is 0. The quantitative estimate of drug-likeness (QED) is 0.804. The van der Waals surface area contributed by atoms with Gasteiger partial charge in [0.05, 0.1) is 17.9 Å². The van der Waals surface area contributed by atoms with E-state index in [0.29, 0.717) is 6.54 Å². The molecule has 0 atom stereocenters. The minimum absolute atomic E-state index is 0.0941. The molecule has 1 aromatic heterocycles. The number of benzene rings is 1. The van der Waals surface area contributed by atoms with Gasteiger partial charge in [-0.1, -0.05) is 17.7 Å². The first-order chi connectivity index (χ1) is 9.56. The average Bonchev–Trinajstić information content (AvgIpc) is 2.73. The standard InChI is InChI=1S/C15H16BrN3O/c1-10-4-3-5-11(8-10)14(20)19-7-6-12-13(9-19)18(2)15(16)17-12/h3-5,8H,6-7,9H2,1-2H3. The van der Waals surface area contributed by atoms with Gasteiger partial charge in [-0.2, -0.15) is 0 Å². The van der Waals surface area contributed by atoms with Gasteiger partial charge in [0.2, 0.25) is 0 Å². The predicted octanol–water partition coefficient (Wildman–Crippen LogP) is 2.69. The van der Waals surface area contributed by atoms with Crippen LogP contribution < -0.4 is 0 Å². The van der Waals surface area contributed by atoms with Crippen molar-refractivity contribution < 1.29 is 4.79 Å². The number of fused-ring (bicyclic) bond motifs is 1. The molecule has 5 heteroatoms. The Morgan fingerprint density at radius 1 is 1.40 bits per heavy atom. The summed E-state index contributed by atoms with van der Waals surface area (Å²) in [7, 11) is 1.97. The van der Waals surface area contributed by atoms with Gasteiger partial charge >= 0.3 is 0 Å². The lowest BCUT2D eigenvalue weighted by atomic mass is 10.1. The molecule has 0 N–H and O–H groups in total. The number of halogens is 1. The third-order valence-electron chi connectivity index (χ3n) is 3.75. The van der Waals surface area contributed by atoms with Gasteiger partial charge in [-0.25, -0.2) is 4.98 Å². The molecule has 2 aromatic rings. The maximum absolute atomic E-state index is 12.6. The number of nitrogens with zero attached hydrogens (tertiary/aromatic N) is 3. The molecular weight excluding hydrogens is 318 g/mol. The number of amides is 1. The first-order valence-corrected chi connectivity index (χ1v) is 7.41. The number of rotatable bonds is 1. The van der Waals surface area contributed by atoms with E-state index >= 15 is 0 Å². The van der Waals surface area contributed by atoms with Crippen molar-refractivity contribution in [3.8, 4) is 0 Å². The Balaban J connectivity index is 1.86. The maximum atomic E-state index is 12.6. The second-order valence-corrected chi connectivity index (χ2v) is 5.89. The van der Waals surface area contributed by atoms with Gasteiger partial charge in [0.15, 0.2) is 4.73 Å². The summed E-state index contributed by atoms with van der Waals surface area (Å²) in [5.41, 5.74) is 4.07. The van der Waals surface area contributed by atoms with Crippen LogP contribution in [-0.2, 0) is 20.0 Å². The maximum Gasteiger partial charge on any atom is 0.254 e. The number of imidazole rings is 1. The summed E-state index contributed by atoms with van der Waals surface area (Å²) < 4.78 is 2.83. The van der Waals surface area contributed by atoms with E-state index in [1.54, 1.807) is 0 Å². The third-order valence-corrected chi connectivity index (χ3v) is 4.46. The Labute approximate surface area is 126 Å². The van der Waals surface area contributed by atoms with Crippen molar-refractivity contribution >= 4 is 21.8 Å². The van der Waals surface area contributed by atoms with Crippen molar-refractivity contribution in [3.05, 3.63) is 51.5 Å². The summed E-state index contributed by atoms with van der Waals surface area (Å²) in [5, 5.41) is 0. The van der Waals surface area contributed by atoms with Crippen molar-refractivity contribution in [2.24, 2.45) is 7.05 Å². The molecule has 0 aliphatic carbocycles. The SMILES string of the molecule is Cc1cccc(C(=O)N2CCc3nc(Br)n(C)c3C2)c1. The van der Waals surface area contributed by atoms with E-state index in [1.165, 1.54) is 0 Å². The summed E-state index contributed by atoms with van der Waals surface area (Å²) in [6.45, 7) is 3.35. The molecule has 0 radical (unpaired) electrons. The highest BCUT2D eigenvalue weighted by atomic mass is 79.9. The molecule has 0 saturated heterocycles. The topological polar surface area (TPSA) is 38.1 Å². The van der Waals surface area contributed by atoms with Crippen LogP contribution in [0.25, 0.3) is 0 Å². The minimum atomic E-state index is 0.0941. The van der Waals surface area contributed by atoms with Crippen LogP contribution in [0.2, 0.25) is 0 Å². The fourth-order valence-electron chi connectivity index (χ4n) is 2.59. The molecule has 0 unspecified atom stereocenters. The molecule has 0 fully saturated rings. The van der Waals surface area contributed by atoms with Crippen LogP contribution in [0.1, 0.15) is 27.3 Å². The minimum Gasteiger partial charge on any atom is -0.332 e. The van der Waals surface area contributed by atoms with E-state index in [1.807, 2.05) is 47.7 Å². The monoisotopic (exact) mass is 333 g/mol. The lowest BCUT2D eigenvalue weighted by molar-refractivity contribution is 0.0730. The lowest BCUT2D eigenvalue weighted by Crippen LogP contribution is -2.36. The zero-order chi connectivity index (χ0) is 14.3. The lowest BCUT2D eigenvalue weighted by Gasteiger charge is -2.27. The van der Waals surface area contributed by atoms with E-state index in [4.69, 9.17) is 0 Å².